The Morgan fingerprint density at radius 2 is 2.00 bits per heavy atom. The van der Waals surface area contributed by atoms with Crippen molar-refractivity contribution in [2.24, 2.45) is 7.05 Å². The van der Waals surface area contributed by atoms with E-state index in [9.17, 15) is 4.79 Å². The average Bonchev–Trinajstić information content (AvgIpc) is 2.98. The zero-order valence-electron chi connectivity index (χ0n) is 14.3. The molecular weight excluding hydrogens is 318 g/mol. The van der Waals surface area contributed by atoms with Crippen molar-refractivity contribution in [3.8, 4) is 11.3 Å². The van der Waals surface area contributed by atoms with Gasteiger partial charge in [0, 0.05) is 41.9 Å². The molecule has 0 saturated heterocycles. The van der Waals surface area contributed by atoms with Crippen molar-refractivity contribution >= 4 is 17.7 Å². The lowest BCUT2D eigenvalue weighted by Crippen LogP contribution is -2.38. The fourth-order valence-electron chi connectivity index (χ4n) is 3.95. The number of nitrogens with zero attached hydrogens (tertiary/aromatic N) is 3. The molecule has 4 rings (SSSR count). The predicted octanol–water partition coefficient (Wildman–Crippen LogP) is 4.10. The van der Waals surface area contributed by atoms with E-state index >= 15 is 0 Å². The number of aromatic nitrogens is 2. The molecule has 0 unspecified atom stereocenters. The van der Waals surface area contributed by atoms with Gasteiger partial charge in [-0.3, -0.25) is 9.48 Å². The van der Waals surface area contributed by atoms with E-state index in [0.717, 1.165) is 29.9 Å². The lowest BCUT2D eigenvalue weighted by Gasteiger charge is -2.31. The second-order valence-corrected chi connectivity index (χ2v) is 7.81. The van der Waals surface area contributed by atoms with Crippen LogP contribution in [0.2, 0.25) is 0 Å². The smallest absolute Gasteiger partial charge is 0.274 e. The standard InChI is InChI=1S/C19H23N3OS/c1-21(13-8-4-3-5-9-13)19(23)17-15-12-24-16-11-7-6-10-14(16)18(15)22(2)20-17/h6-7,10-11,13H,3-5,8-9,12H2,1-2H3. The van der Waals surface area contributed by atoms with Gasteiger partial charge in [-0.25, -0.2) is 0 Å². The highest BCUT2D eigenvalue weighted by atomic mass is 32.2. The second kappa shape index (κ2) is 6.28. The van der Waals surface area contributed by atoms with Crippen molar-refractivity contribution in [1.82, 2.24) is 14.7 Å². The van der Waals surface area contributed by atoms with Crippen molar-refractivity contribution in [3.05, 3.63) is 35.5 Å². The van der Waals surface area contributed by atoms with Gasteiger partial charge in [0.25, 0.3) is 5.91 Å². The molecule has 0 atom stereocenters. The zero-order valence-corrected chi connectivity index (χ0v) is 15.1. The van der Waals surface area contributed by atoms with Gasteiger partial charge >= 0.3 is 0 Å². The van der Waals surface area contributed by atoms with Crippen LogP contribution in [-0.2, 0) is 12.8 Å². The molecule has 1 aliphatic carbocycles. The summed E-state index contributed by atoms with van der Waals surface area (Å²) in [4.78, 5) is 16.3. The van der Waals surface area contributed by atoms with E-state index in [1.807, 2.05) is 23.7 Å². The van der Waals surface area contributed by atoms with Crippen molar-refractivity contribution in [2.45, 2.75) is 48.8 Å². The largest absolute Gasteiger partial charge is 0.337 e. The Bertz CT molecular complexity index is 777. The van der Waals surface area contributed by atoms with E-state index in [4.69, 9.17) is 0 Å². The predicted molar refractivity (Wildman–Crippen MR) is 97.2 cm³/mol. The number of thioether (sulfide) groups is 1. The third-order valence-corrected chi connectivity index (χ3v) is 6.40. The summed E-state index contributed by atoms with van der Waals surface area (Å²) in [6, 6.07) is 8.76. The fourth-order valence-corrected chi connectivity index (χ4v) is 5.02. The van der Waals surface area contributed by atoms with E-state index in [1.165, 1.54) is 29.7 Å². The molecule has 24 heavy (non-hydrogen) atoms. The van der Waals surface area contributed by atoms with Crippen LogP contribution >= 0.6 is 11.8 Å². The van der Waals surface area contributed by atoms with Crippen LogP contribution in [0, 0.1) is 0 Å². The molecule has 0 spiro atoms. The maximum atomic E-state index is 13.1. The molecule has 1 amide bonds. The number of aryl methyl sites for hydroxylation is 1. The van der Waals surface area contributed by atoms with E-state index in [1.54, 1.807) is 11.8 Å². The Balaban J connectivity index is 1.70. The van der Waals surface area contributed by atoms with Crippen LogP contribution < -0.4 is 0 Å². The highest BCUT2D eigenvalue weighted by molar-refractivity contribution is 7.98. The monoisotopic (exact) mass is 341 g/mol. The molecule has 1 fully saturated rings. The minimum atomic E-state index is 0.0822. The Morgan fingerprint density at radius 1 is 1.25 bits per heavy atom. The normalized spacial score (nSPS) is 17.2. The fraction of sp³-hybridized carbons (Fsp3) is 0.474. The molecule has 5 heteroatoms. The first-order chi connectivity index (χ1) is 11.7. The Labute approximate surface area is 147 Å². The topological polar surface area (TPSA) is 38.1 Å². The first-order valence-corrected chi connectivity index (χ1v) is 9.70. The second-order valence-electron chi connectivity index (χ2n) is 6.79. The minimum absolute atomic E-state index is 0.0822. The van der Waals surface area contributed by atoms with Crippen LogP contribution in [0.1, 0.15) is 48.2 Å². The molecule has 0 radical (unpaired) electrons. The van der Waals surface area contributed by atoms with Gasteiger partial charge in [-0.05, 0) is 18.9 Å². The number of carbonyl (C=O) groups is 1. The minimum Gasteiger partial charge on any atom is -0.337 e. The van der Waals surface area contributed by atoms with Crippen LogP contribution in [0.3, 0.4) is 0 Å². The molecule has 1 aliphatic heterocycles. The van der Waals surface area contributed by atoms with Gasteiger partial charge in [0.2, 0.25) is 0 Å². The number of benzene rings is 1. The lowest BCUT2D eigenvalue weighted by atomic mass is 9.94. The Hall–Kier alpha value is -1.75. The lowest BCUT2D eigenvalue weighted by molar-refractivity contribution is 0.0688. The summed E-state index contributed by atoms with van der Waals surface area (Å²) in [7, 11) is 3.90. The first kappa shape index (κ1) is 15.8. The highest BCUT2D eigenvalue weighted by Crippen LogP contribution is 2.42. The summed E-state index contributed by atoms with van der Waals surface area (Å²) in [6.45, 7) is 0. The molecule has 0 bridgehead atoms. The van der Waals surface area contributed by atoms with E-state index in [2.05, 4.69) is 29.4 Å². The maximum Gasteiger partial charge on any atom is 0.274 e. The molecule has 2 heterocycles. The SMILES string of the molecule is CN(C(=O)c1nn(C)c2c1CSc1ccccc1-2)C1CCCCC1. The summed E-state index contributed by atoms with van der Waals surface area (Å²) in [5, 5.41) is 4.62. The number of rotatable bonds is 2. The zero-order chi connectivity index (χ0) is 16.7. The number of fused-ring (bicyclic) bond motifs is 3. The van der Waals surface area contributed by atoms with Crippen molar-refractivity contribution in [3.63, 3.8) is 0 Å². The summed E-state index contributed by atoms with van der Waals surface area (Å²) >= 11 is 1.80. The number of carbonyl (C=O) groups excluding carboxylic acids is 1. The molecular formula is C19H23N3OS. The first-order valence-electron chi connectivity index (χ1n) is 8.72. The molecule has 4 nitrogen and oxygen atoms in total. The quantitative estimate of drug-likeness (QED) is 0.825. The molecule has 126 valence electrons. The third kappa shape index (κ3) is 2.55. The van der Waals surface area contributed by atoms with Gasteiger partial charge < -0.3 is 4.90 Å². The Morgan fingerprint density at radius 3 is 2.79 bits per heavy atom. The van der Waals surface area contributed by atoms with E-state index < -0.39 is 0 Å². The van der Waals surface area contributed by atoms with Gasteiger partial charge in [0.1, 0.15) is 0 Å². The van der Waals surface area contributed by atoms with Crippen molar-refractivity contribution in [2.75, 3.05) is 7.05 Å². The van der Waals surface area contributed by atoms with Gasteiger partial charge in [-0.2, -0.15) is 5.10 Å². The van der Waals surface area contributed by atoms with Crippen LogP contribution in [0.5, 0.6) is 0 Å². The van der Waals surface area contributed by atoms with Crippen LogP contribution in [0.25, 0.3) is 11.3 Å². The summed E-state index contributed by atoms with van der Waals surface area (Å²) in [6.07, 6.45) is 5.99. The van der Waals surface area contributed by atoms with E-state index in [-0.39, 0.29) is 5.91 Å². The van der Waals surface area contributed by atoms with Crippen molar-refractivity contribution < 1.29 is 4.79 Å². The van der Waals surface area contributed by atoms with Gasteiger partial charge in [0.05, 0.1) is 5.69 Å². The molecule has 0 N–H and O–H groups in total. The van der Waals surface area contributed by atoms with Crippen molar-refractivity contribution in [1.29, 1.82) is 0 Å². The third-order valence-electron chi connectivity index (χ3n) is 5.30. The van der Waals surface area contributed by atoms with E-state index in [0.29, 0.717) is 11.7 Å². The molecule has 1 saturated carbocycles. The summed E-state index contributed by atoms with van der Waals surface area (Å²) in [5.41, 5.74) is 4.03. The number of hydrogen-bond acceptors (Lipinski definition) is 3. The molecule has 1 aromatic heterocycles. The summed E-state index contributed by atoms with van der Waals surface area (Å²) in [5.74, 6) is 0.901. The average molecular weight is 341 g/mol. The molecule has 2 aliphatic rings. The number of amides is 1. The van der Waals surface area contributed by atoms with Gasteiger partial charge in [-0.15, -0.1) is 11.8 Å². The molecule has 2 aromatic rings. The maximum absolute atomic E-state index is 13.1. The number of hydrogen-bond donors (Lipinski definition) is 0. The van der Waals surface area contributed by atoms with Gasteiger partial charge in [0.15, 0.2) is 5.69 Å². The summed E-state index contributed by atoms with van der Waals surface area (Å²) < 4.78 is 1.88. The van der Waals surface area contributed by atoms with Crippen LogP contribution in [0.4, 0.5) is 0 Å². The van der Waals surface area contributed by atoms with Crippen LogP contribution in [-0.4, -0.2) is 33.7 Å². The molecule has 1 aromatic carbocycles. The Kier molecular flexibility index (Phi) is 4.12. The highest BCUT2D eigenvalue weighted by Gasteiger charge is 2.31. The van der Waals surface area contributed by atoms with Crippen LogP contribution in [0.15, 0.2) is 29.2 Å². The van der Waals surface area contributed by atoms with Gasteiger partial charge in [-0.1, -0.05) is 37.5 Å².